The van der Waals surface area contributed by atoms with Crippen molar-refractivity contribution in [2.45, 2.75) is 25.8 Å². The van der Waals surface area contributed by atoms with E-state index < -0.39 is 0 Å². The molecule has 1 unspecified atom stereocenters. The van der Waals surface area contributed by atoms with E-state index in [0.717, 1.165) is 29.5 Å². The van der Waals surface area contributed by atoms with Gasteiger partial charge in [-0.15, -0.1) is 11.3 Å². The Balaban J connectivity index is 1.65. The number of carbonyl (C=O) groups excluding carboxylic acids is 1. The first kappa shape index (κ1) is 18.6. The van der Waals surface area contributed by atoms with Crippen molar-refractivity contribution < 1.29 is 9.53 Å². The zero-order valence-electron chi connectivity index (χ0n) is 15.3. The third-order valence-electron chi connectivity index (χ3n) is 4.57. The van der Waals surface area contributed by atoms with Gasteiger partial charge in [0, 0.05) is 18.0 Å². The van der Waals surface area contributed by atoms with E-state index in [1.165, 1.54) is 18.4 Å². The van der Waals surface area contributed by atoms with E-state index in [9.17, 15) is 4.79 Å². The van der Waals surface area contributed by atoms with E-state index in [0.29, 0.717) is 6.54 Å². The van der Waals surface area contributed by atoms with Crippen LogP contribution >= 0.6 is 11.3 Å². The minimum atomic E-state index is -0.0947. The van der Waals surface area contributed by atoms with Crippen LogP contribution in [-0.2, 0) is 4.79 Å². The molecule has 1 aliphatic rings. The molecule has 3 rings (SSSR count). The van der Waals surface area contributed by atoms with Gasteiger partial charge in [0.2, 0.25) is 5.91 Å². The van der Waals surface area contributed by atoms with Crippen LogP contribution in [0, 0.1) is 6.92 Å². The van der Waals surface area contributed by atoms with E-state index in [4.69, 9.17) is 4.74 Å². The monoisotopic (exact) mass is 371 g/mol. The number of nitrogens with one attached hydrogen (secondary N) is 1. The zero-order chi connectivity index (χ0) is 18.4. The summed E-state index contributed by atoms with van der Waals surface area (Å²) < 4.78 is 5.36. The number of methoxy groups -OCH3 is 1. The van der Waals surface area contributed by atoms with Crippen molar-refractivity contribution in [3.8, 4) is 5.75 Å². The maximum absolute atomic E-state index is 12.2. The van der Waals surface area contributed by atoms with Gasteiger partial charge in [-0.1, -0.05) is 12.1 Å². The fraction of sp³-hybridized carbons (Fsp3) is 0.400. The average molecular weight is 372 g/mol. The number of amides is 1. The lowest BCUT2D eigenvalue weighted by Gasteiger charge is -2.28. The summed E-state index contributed by atoms with van der Waals surface area (Å²) in [5.74, 6) is 0.750. The molecule has 6 heteroatoms. The van der Waals surface area contributed by atoms with Gasteiger partial charge in [0.05, 0.1) is 23.9 Å². The summed E-state index contributed by atoms with van der Waals surface area (Å²) >= 11 is 1.58. The quantitative estimate of drug-likeness (QED) is 0.758. The van der Waals surface area contributed by atoms with Gasteiger partial charge in [-0.25, -0.2) is 4.98 Å². The molecule has 1 aromatic heterocycles. The predicted molar refractivity (Wildman–Crippen MR) is 105 cm³/mol. The Hall–Kier alpha value is -2.18. The first-order valence-corrected chi connectivity index (χ1v) is 9.80. The molecule has 0 spiro atoms. The van der Waals surface area contributed by atoms with Gasteiger partial charge in [0.1, 0.15) is 5.75 Å². The van der Waals surface area contributed by atoms with Gasteiger partial charge in [0.25, 0.3) is 0 Å². The normalized spacial score (nSPS) is 16.1. The van der Waals surface area contributed by atoms with Crippen LogP contribution in [0.4, 0.5) is 0 Å². The van der Waals surface area contributed by atoms with E-state index in [2.05, 4.69) is 27.3 Å². The molecule has 2 heterocycles. The maximum Gasteiger partial charge on any atom is 0.244 e. The lowest BCUT2D eigenvalue weighted by Crippen LogP contribution is -2.36. The number of rotatable bonds is 7. The number of nitrogens with zero attached hydrogens (tertiary/aromatic N) is 2. The van der Waals surface area contributed by atoms with Crippen LogP contribution in [0.25, 0.3) is 6.08 Å². The minimum Gasteiger partial charge on any atom is -0.497 e. The second kappa shape index (κ2) is 8.96. The van der Waals surface area contributed by atoms with Gasteiger partial charge < -0.3 is 10.1 Å². The largest absolute Gasteiger partial charge is 0.497 e. The lowest BCUT2D eigenvalue weighted by atomic mass is 10.0. The smallest absolute Gasteiger partial charge is 0.244 e. The molecular weight excluding hydrogens is 346 g/mol. The Morgan fingerprint density at radius 1 is 1.42 bits per heavy atom. The van der Waals surface area contributed by atoms with Crippen molar-refractivity contribution >= 4 is 23.3 Å². The number of likely N-dealkylation sites (tertiary alicyclic amines) is 1. The molecule has 5 nitrogen and oxygen atoms in total. The molecule has 0 radical (unpaired) electrons. The SMILES string of the molecule is COc1cccc(C(CNC(=O)/C=C/c2csc(C)n2)N2CCCC2)c1. The fourth-order valence-electron chi connectivity index (χ4n) is 3.23. The summed E-state index contributed by atoms with van der Waals surface area (Å²) in [6.07, 6.45) is 5.73. The van der Waals surface area contributed by atoms with Gasteiger partial charge in [-0.2, -0.15) is 0 Å². The molecule has 1 aliphatic heterocycles. The first-order chi connectivity index (χ1) is 12.7. The third-order valence-corrected chi connectivity index (χ3v) is 5.36. The van der Waals surface area contributed by atoms with Crippen molar-refractivity contribution in [2.24, 2.45) is 0 Å². The molecule has 0 saturated carbocycles. The molecule has 1 fully saturated rings. The van der Waals surface area contributed by atoms with Crippen LogP contribution in [0.5, 0.6) is 5.75 Å². The molecule has 1 N–H and O–H groups in total. The van der Waals surface area contributed by atoms with Crippen LogP contribution in [0.2, 0.25) is 0 Å². The molecule has 0 aliphatic carbocycles. The number of benzene rings is 1. The summed E-state index contributed by atoms with van der Waals surface area (Å²) in [6, 6.07) is 8.27. The number of aromatic nitrogens is 1. The van der Waals surface area contributed by atoms with Crippen molar-refractivity contribution in [3.05, 3.63) is 52.0 Å². The van der Waals surface area contributed by atoms with Gasteiger partial charge in [-0.05, 0) is 56.6 Å². The number of hydrogen-bond acceptors (Lipinski definition) is 5. The molecule has 1 atom stereocenters. The first-order valence-electron chi connectivity index (χ1n) is 8.92. The second-order valence-corrected chi connectivity index (χ2v) is 7.47. The van der Waals surface area contributed by atoms with Crippen molar-refractivity contribution in [1.29, 1.82) is 0 Å². The van der Waals surface area contributed by atoms with Crippen LogP contribution in [0.15, 0.2) is 35.7 Å². The molecule has 2 aromatic rings. The number of thiazole rings is 1. The van der Waals surface area contributed by atoms with Gasteiger partial charge in [0.15, 0.2) is 0 Å². The highest BCUT2D eigenvalue weighted by Gasteiger charge is 2.24. The Morgan fingerprint density at radius 3 is 2.92 bits per heavy atom. The standard InChI is InChI=1S/C20H25N3O2S/c1-15-22-17(14-26-15)8-9-20(24)21-13-19(23-10-3-4-11-23)16-6-5-7-18(12-16)25-2/h5-9,12,14,19H,3-4,10-11,13H2,1-2H3,(H,21,24)/b9-8+. The average Bonchev–Trinajstić information content (AvgIpc) is 3.32. The Kier molecular flexibility index (Phi) is 6.41. The summed E-state index contributed by atoms with van der Waals surface area (Å²) in [5, 5.41) is 5.98. The molecule has 1 aromatic carbocycles. The summed E-state index contributed by atoms with van der Waals surface area (Å²) in [6.45, 7) is 4.65. The number of hydrogen-bond donors (Lipinski definition) is 1. The number of ether oxygens (including phenoxy) is 1. The van der Waals surface area contributed by atoms with Crippen molar-refractivity contribution in [1.82, 2.24) is 15.2 Å². The van der Waals surface area contributed by atoms with Crippen LogP contribution in [0.1, 0.15) is 35.1 Å². The predicted octanol–water partition coefficient (Wildman–Crippen LogP) is 3.43. The molecule has 0 bridgehead atoms. The topological polar surface area (TPSA) is 54.5 Å². The highest BCUT2D eigenvalue weighted by Crippen LogP contribution is 2.27. The van der Waals surface area contributed by atoms with Gasteiger partial charge >= 0.3 is 0 Å². The molecule has 138 valence electrons. The van der Waals surface area contributed by atoms with Crippen LogP contribution in [0.3, 0.4) is 0 Å². The van der Waals surface area contributed by atoms with E-state index in [-0.39, 0.29) is 11.9 Å². The van der Waals surface area contributed by atoms with Crippen LogP contribution < -0.4 is 10.1 Å². The van der Waals surface area contributed by atoms with Crippen molar-refractivity contribution in [2.75, 3.05) is 26.7 Å². The molecule has 1 amide bonds. The molecule has 26 heavy (non-hydrogen) atoms. The third kappa shape index (κ3) is 4.93. The van der Waals surface area contributed by atoms with E-state index >= 15 is 0 Å². The molecular formula is C20H25N3O2S. The van der Waals surface area contributed by atoms with Gasteiger partial charge in [-0.3, -0.25) is 9.69 Å². The van der Waals surface area contributed by atoms with E-state index in [1.54, 1.807) is 30.6 Å². The number of aryl methyl sites for hydroxylation is 1. The Morgan fingerprint density at radius 2 is 2.23 bits per heavy atom. The fourth-order valence-corrected chi connectivity index (χ4v) is 3.81. The van der Waals surface area contributed by atoms with Crippen LogP contribution in [-0.4, -0.2) is 42.5 Å². The van der Waals surface area contributed by atoms with Crippen molar-refractivity contribution in [3.63, 3.8) is 0 Å². The van der Waals surface area contributed by atoms with E-state index in [1.807, 2.05) is 24.4 Å². The maximum atomic E-state index is 12.2. The number of carbonyl (C=O) groups is 1. The molecule has 1 saturated heterocycles. The Bertz CT molecular complexity index is 766. The summed E-state index contributed by atoms with van der Waals surface area (Å²) in [7, 11) is 1.68. The minimum absolute atomic E-state index is 0.0947. The second-order valence-electron chi connectivity index (χ2n) is 6.41. The Labute approximate surface area is 158 Å². The zero-order valence-corrected chi connectivity index (χ0v) is 16.1. The lowest BCUT2D eigenvalue weighted by molar-refractivity contribution is -0.116. The highest BCUT2D eigenvalue weighted by molar-refractivity contribution is 7.09. The summed E-state index contributed by atoms with van der Waals surface area (Å²) in [5.41, 5.74) is 2.00. The highest BCUT2D eigenvalue weighted by atomic mass is 32.1. The summed E-state index contributed by atoms with van der Waals surface area (Å²) in [4.78, 5) is 19.0.